The van der Waals surface area contributed by atoms with Gasteiger partial charge in [-0.15, -0.1) is 0 Å². The van der Waals surface area contributed by atoms with Gasteiger partial charge in [-0.3, -0.25) is 4.68 Å². The molecule has 1 aromatic rings. The van der Waals surface area contributed by atoms with Crippen molar-refractivity contribution in [1.82, 2.24) is 9.78 Å². The third-order valence-electron chi connectivity index (χ3n) is 3.59. The van der Waals surface area contributed by atoms with Crippen LogP contribution in [0.3, 0.4) is 0 Å². The van der Waals surface area contributed by atoms with Crippen molar-refractivity contribution in [2.45, 2.75) is 18.8 Å². The van der Waals surface area contributed by atoms with Gasteiger partial charge in [0, 0.05) is 19.0 Å². The van der Waals surface area contributed by atoms with Crippen LogP contribution in [0.4, 0.5) is 5.82 Å². The highest BCUT2D eigenvalue weighted by Gasteiger charge is 2.37. The molecule has 2 N–H and O–H groups in total. The molecule has 3 nitrogen and oxygen atoms in total. The first-order valence-corrected chi connectivity index (χ1v) is 5.22. The van der Waals surface area contributed by atoms with Crippen molar-refractivity contribution in [2.75, 3.05) is 5.73 Å². The second-order valence-electron chi connectivity index (χ2n) is 4.50. The summed E-state index contributed by atoms with van der Waals surface area (Å²) in [5.74, 6) is 2.91. The van der Waals surface area contributed by atoms with E-state index in [1.54, 1.807) is 4.68 Å². The van der Waals surface area contributed by atoms with Gasteiger partial charge in [-0.05, 0) is 24.7 Å². The average molecular weight is 189 g/mol. The van der Waals surface area contributed by atoms with Gasteiger partial charge < -0.3 is 5.73 Å². The Morgan fingerprint density at radius 2 is 2.29 bits per heavy atom. The second kappa shape index (κ2) is 2.62. The zero-order valence-corrected chi connectivity index (χ0v) is 8.35. The molecular formula is C11H15N3. The van der Waals surface area contributed by atoms with Crippen LogP contribution in [-0.4, -0.2) is 9.78 Å². The summed E-state index contributed by atoms with van der Waals surface area (Å²) < 4.78 is 1.77. The summed E-state index contributed by atoms with van der Waals surface area (Å²) in [6.45, 7) is 0. The maximum atomic E-state index is 5.79. The van der Waals surface area contributed by atoms with Gasteiger partial charge in [-0.2, -0.15) is 5.10 Å². The number of aryl methyl sites for hydroxylation is 1. The van der Waals surface area contributed by atoms with Crippen LogP contribution in [0.2, 0.25) is 0 Å². The van der Waals surface area contributed by atoms with E-state index >= 15 is 0 Å². The highest BCUT2D eigenvalue weighted by atomic mass is 15.3. The number of nitrogen functional groups attached to an aromatic ring is 1. The number of allylic oxidation sites excluding steroid dienone is 2. The first-order chi connectivity index (χ1) is 6.74. The molecule has 0 saturated heterocycles. The van der Waals surface area contributed by atoms with Crippen LogP contribution in [0.25, 0.3) is 0 Å². The van der Waals surface area contributed by atoms with Crippen LogP contribution < -0.4 is 5.73 Å². The molecule has 1 fully saturated rings. The summed E-state index contributed by atoms with van der Waals surface area (Å²) in [6.07, 6.45) is 7.29. The van der Waals surface area contributed by atoms with Gasteiger partial charge in [-0.1, -0.05) is 12.2 Å². The van der Waals surface area contributed by atoms with Gasteiger partial charge in [0.2, 0.25) is 0 Å². The highest BCUT2D eigenvalue weighted by molar-refractivity contribution is 5.34. The summed E-state index contributed by atoms with van der Waals surface area (Å²) in [5.41, 5.74) is 6.97. The molecule has 1 heterocycles. The fourth-order valence-corrected chi connectivity index (χ4v) is 2.81. The van der Waals surface area contributed by atoms with Gasteiger partial charge in [-0.25, -0.2) is 0 Å². The molecule has 2 aliphatic rings. The van der Waals surface area contributed by atoms with E-state index < -0.39 is 0 Å². The van der Waals surface area contributed by atoms with Gasteiger partial charge in [0.05, 0.1) is 5.69 Å². The van der Waals surface area contributed by atoms with Crippen LogP contribution in [0.1, 0.15) is 24.5 Å². The van der Waals surface area contributed by atoms with Crippen molar-refractivity contribution in [3.63, 3.8) is 0 Å². The number of nitrogens with zero attached hydrogens (tertiary/aromatic N) is 2. The Kier molecular flexibility index (Phi) is 1.52. The molecule has 3 heteroatoms. The molecule has 1 aromatic heterocycles. The van der Waals surface area contributed by atoms with Gasteiger partial charge in [0.15, 0.2) is 0 Å². The lowest BCUT2D eigenvalue weighted by atomic mass is 9.91. The van der Waals surface area contributed by atoms with Crippen molar-refractivity contribution in [2.24, 2.45) is 18.9 Å². The van der Waals surface area contributed by atoms with E-state index in [-0.39, 0.29) is 0 Å². The fraction of sp³-hybridized carbons (Fsp3) is 0.545. The number of hydrogen-bond donors (Lipinski definition) is 1. The lowest BCUT2D eigenvalue weighted by Gasteiger charge is -2.14. The molecule has 1 saturated carbocycles. The zero-order chi connectivity index (χ0) is 9.71. The minimum absolute atomic E-state index is 0.619. The fourth-order valence-electron chi connectivity index (χ4n) is 2.81. The predicted molar refractivity (Wildman–Crippen MR) is 55.7 cm³/mol. The number of aromatic nitrogens is 2. The average Bonchev–Trinajstić information content (AvgIpc) is 2.82. The molecule has 3 atom stereocenters. The highest BCUT2D eigenvalue weighted by Crippen LogP contribution is 2.48. The van der Waals surface area contributed by atoms with Crippen molar-refractivity contribution in [1.29, 1.82) is 0 Å². The predicted octanol–water partition coefficient (Wildman–Crippen LogP) is 1.68. The van der Waals surface area contributed by atoms with E-state index in [0.717, 1.165) is 11.7 Å². The Balaban J connectivity index is 1.93. The van der Waals surface area contributed by atoms with E-state index in [1.165, 1.54) is 18.5 Å². The minimum atomic E-state index is 0.619. The van der Waals surface area contributed by atoms with E-state index in [9.17, 15) is 0 Å². The monoisotopic (exact) mass is 189 g/mol. The maximum Gasteiger partial charge on any atom is 0.121 e. The molecule has 2 bridgehead atoms. The molecule has 0 radical (unpaired) electrons. The molecule has 0 aliphatic heterocycles. The first-order valence-electron chi connectivity index (χ1n) is 5.22. The van der Waals surface area contributed by atoms with Crippen LogP contribution in [0.15, 0.2) is 18.2 Å². The standard InChI is InChI=1S/C11H15N3/c1-14-11(12)6-10(13-14)9-5-7-2-3-8(9)4-7/h2-3,6-9H,4-5,12H2,1H3. The van der Waals surface area contributed by atoms with Crippen LogP contribution in [0, 0.1) is 11.8 Å². The lowest BCUT2D eigenvalue weighted by molar-refractivity contribution is 0.558. The number of hydrogen-bond acceptors (Lipinski definition) is 2. The molecule has 0 aromatic carbocycles. The minimum Gasteiger partial charge on any atom is -0.384 e. The van der Waals surface area contributed by atoms with Crippen molar-refractivity contribution >= 4 is 5.82 Å². The Hall–Kier alpha value is -1.25. The molecule has 2 aliphatic carbocycles. The van der Waals surface area contributed by atoms with E-state index in [1.807, 2.05) is 13.1 Å². The zero-order valence-electron chi connectivity index (χ0n) is 8.35. The smallest absolute Gasteiger partial charge is 0.121 e. The third kappa shape index (κ3) is 1.01. The normalized spacial score (nSPS) is 34.2. The lowest BCUT2D eigenvalue weighted by Crippen LogP contribution is -2.06. The van der Waals surface area contributed by atoms with Crippen LogP contribution in [-0.2, 0) is 7.05 Å². The largest absolute Gasteiger partial charge is 0.384 e. The number of rotatable bonds is 1. The van der Waals surface area contributed by atoms with Crippen molar-refractivity contribution in [3.8, 4) is 0 Å². The van der Waals surface area contributed by atoms with Crippen LogP contribution in [0.5, 0.6) is 0 Å². The number of anilines is 1. The molecule has 14 heavy (non-hydrogen) atoms. The number of fused-ring (bicyclic) bond motifs is 2. The SMILES string of the molecule is Cn1nc(C2CC3C=CC2C3)cc1N. The second-order valence-corrected chi connectivity index (χ2v) is 4.50. The maximum absolute atomic E-state index is 5.79. The third-order valence-corrected chi connectivity index (χ3v) is 3.59. The van der Waals surface area contributed by atoms with Gasteiger partial charge >= 0.3 is 0 Å². The molecule has 0 spiro atoms. The van der Waals surface area contributed by atoms with E-state index in [0.29, 0.717) is 11.8 Å². The molecule has 3 rings (SSSR count). The quantitative estimate of drug-likeness (QED) is 0.683. The summed E-state index contributed by atoms with van der Waals surface area (Å²) in [5, 5.41) is 4.47. The molecular weight excluding hydrogens is 174 g/mol. The summed E-state index contributed by atoms with van der Waals surface area (Å²) >= 11 is 0. The van der Waals surface area contributed by atoms with Gasteiger partial charge in [0.25, 0.3) is 0 Å². The molecule has 74 valence electrons. The van der Waals surface area contributed by atoms with Crippen LogP contribution >= 0.6 is 0 Å². The first kappa shape index (κ1) is 8.09. The van der Waals surface area contributed by atoms with Gasteiger partial charge in [0.1, 0.15) is 5.82 Å². The molecule has 3 unspecified atom stereocenters. The topological polar surface area (TPSA) is 43.8 Å². The Morgan fingerprint density at radius 1 is 1.43 bits per heavy atom. The van der Waals surface area contributed by atoms with E-state index in [2.05, 4.69) is 17.3 Å². The van der Waals surface area contributed by atoms with E-state index in [4.69, 9.17) is 5.73 Å². The summed E-state index contributed by atoms with van der Waals surface area (Å²) in [7, 11) is 1.90. The Morgan fingerprint density at radius 3 is 2.79 bits per heavy atom. The summed E-state index contributed by atoms with van der Waals surface area (Å²) in [6, 6.07) is 2.03. The van der Waals surface area contributed by atoms with Crippen molar-refractivity contribution in [3.05, 3.63) is 23.9 Å². The Labute approximate surface area is 83.6 Å². The molecule has 0 amide bonds. The van der Waals surface area contributed by atoms with Crippen molar-refractivity contribution < 1.29 is 0 Å². The number of nitrogens with two attached hydrogens (primary N) is 1. The Bertz CT molecular complexity index is 372. The summed E-state index contributed by atoms with van der Waals surface area (Å²) in [4.78, 5) is 0.